The van der Waals surface area contributed by atoms with Crippen LogP contribution in [0.15, 0.2) is 32.0 Å². The van der Waals surface area contributed by atoms with E-state index in [0.29, 0.717) is 8.95 Å². The Bertz CT molecular complexity index is 873. The Labute approximate surface area is 162 Å². The van der Waals surface area contributed by atoms with Gasteiger partial charge in [-0.15, -0.1) is 0 Å². The fourth-order valence-corrected chi connectivity index (χ4v) is 7.12. The Kier molecular flexibility index (Phi) is 6.52. The quantitative estimate of drug-likeness (QED) is 0.607. The normalized spacial score (nSPS) is 22.5. The molecule has 0 radical (unpaired) electrons. The van der Waals surface area contributed by atoms with Crippen LogP contribution in [0.2, 0.25) is 0 Å². The summed E-state index contributed by atoms with van der Waals surface area (Å²) in [6.45, 7) is 1.72. The van der Waals surface area contributed by atoms with Crippen molar-refractivity contribution in [1.29, 1.82) is 0 Å². The predicted molar refractivity (Wildman–Crippen MR) is 98.6 cm³/mol. The highest BCUT2D eigenvalue weighted by molar-refractivity contribution is 9.11. The van der Waals surface area contributed by atoms with Crippen molar-refractivity contribution in [1.82, 2.24) is 10.0 Å². The summed E-state index contributed by atoms with van der Waals surface area (Å²) in [5.74, 6) is -0.770. The van der Waals surface area contributed by atoms with Crippen LogP contribution in [0.3, 0.4) is 0 Å². The van der Waals surface area contributed by atoms with Crippen LogP contribution < -0.4 is 10.0 Å². The van der Waals surface area contributed by atoms with Gasteiger partial charge in [0.15, 0.2) is 9.84 Å². The molecule has 0 aliphatic carbocycles. The van der Waals surface area contributed by atoms with Gasteiger partial charge in [-0.1, -0.05) is 15.9 Å². The van der Waals surface area contributed by atoms with Gasteiger partial charge in [0.05, 0.1) is 35.1 Å². The number of halogens is 2. The number of nitrogens with one attached hydrogen (secondary N) is 2. The van der Waals surface area contributed by atoms with Gasteiger partial charge in [0.25, 0.3) is 0 Å². The molecular weight excluding hydrogens is 504 g/mol. The summed E-state index contributed by atoms with van der Waals surface area (Å²) in [4.78, 5) is 11.5. The standard InChI is InChI=1S/C13H16Br2N2O6S2/c1-2-23-13(18)16-10-6-24(19,20)7-11(10)17-25(21,22)12-5-8(14)3-4-9(12)15/h3-5,10-11,17H,2,6-7H2,1H3,(H,16,18)/t10-,11-/m1/s1. The van der Waals surface area contributed by atoms with Crippen LogP contribution in [-0.2, 0) is 24.6 Å². The van der Waals surface area contributed by atoms with E-state index < -0.39 is 43.8 Å². The van der Waals surface area contributed by atoms with Crippen molar-refractivity contribution in [3.05, 3.63) is 27.1 Å². The van der Waals surface area contributed by atoms with Gasteiger partial charge < -0.3 is 10.1 Å². The average Bonchev–Trinajstić information content (AvgIpc) is 2.74. The Morgan fingerprint density at radius 2 is 1.92 bits per heavy atom. The van der Waals surface area contributed by atoms with E-state index in [0.717, 1.165) is 0 Å². The fourth-order valence-electron chi connectivity index (χ4n) is 2.38. The molecular formula is C13H16Br2N2O6S2. The van der Waals surface area contributed by atoms with Crippen LogP contribution in [0.25, 0.3) is 0 Å². The van der Waals surface area contributed by atoms with Crippen LogP contribution in [-0.4, -0.2) is 53.1 Å². The summed E-state index contributed by atoms with van der Waals surface area (Å²) in [6, 6.07) is 2.70. The number of hydrogen-bond donors (Lipinski definition) is 2. The molecule has 0 bridgehead atoms. The van der Waals surface area contributed by atoms with Gasteiger partial charge >= 0.3 is 6.09 Å². The van der Waals surface area contributed by atoms with Gasteiger partial charge in [-0.25, -0.2) is 26.4 Å². The molecule has 2 atom stereocenters. The van der Waals surface area contributed by atoms with E-state index in [2.05, 4.69) is 41.9 Å². The van der Waals surface area contributed by atoms with Crippen LogP contribution in [0.1, 0.15) is 6.92 Å². The largest absolute Gasteiger partial charge is 0.450 e. The van der Waals surface area contributed by atoms with Crippen molar-refractivity contribution < 1.29 is 26.4 Å². The Morgan fingerprint density at radius 1 is 1.28 bits per heavy atom. The number of carbonyl (C=O) groups is 1. The predicted octanol–water partition coefficient (Wildman–Crippen LogP) is 1.40. The minimum absolute atomic E-state index is 0.0407. The van der Waals surface area contributed by atoms with E-state index in [1.165, 1.54) is 6.07 Å². The lowest BCUT2D eigenvalue weighted by Gasteiger charge is -2.20. The number of sulfone groups is 1. The lowest BCUT2D eigenvalue weighted by atomic mass is 10.2. The van der Waals surface area contributed by atoms with E-state index in [1.54, 1.807) is 19.1 Å². The van der Waals surface area contributed by atoms with Crippen molar-refractivity contribution in [3.63, 3.8) is 0 Å². The van der Waals surface area contributed by atoms with Crippen LogP contribution >= 0.6 is 31.9 Å². The Balaban J connectivity index is 2.26. The Morgan fingerprint density at radius 3 is 2.56 bits per heavy atom. The molecule has 0 spiro atoms. The number of hydrogen-bond acceptors (Lipinski definition) is 6. The van der Waals surface area contributed by atoms with Gasteiger partial charge in [-0.05, 0) is 41.1 Å². The van der Waals surface area contributed by atoms with E-state index in [1.807, 2.05) is 0 Å². The minimum Gasteiger partial charge on any atom is -0.450 e. The molecule has 1 aliphatic rings. The number of rotatable bonds is 5. The molecule has 1 aromatic carbocycles. The summed E-state index contributed by atoms with van der Waals surface area (Å²) in [6.07, 6.45) is -0.794. The zero-order chi connectivity index (χ0) is 18.8. The summed E-state index contributed by atoms with van der Waals surface area (Å²) in [5.41, 5.74) is 0. The molecule has 2 rings (SSSR count). The van der Waals surface area contributed by atoms with Crippen molar-refractivity contribution in [2.24, 2.45) is 0 Å². The zero-order valence-electron chi connectivity index (χ0n) is 13.0. The van der Waals surface area contributed by atoms with Crippen molar-refractivity contribution in [2.45, 2.75) is 23.9 Å². The molecule has 0 saturated carbocycles. The van der Waals surface area contributed by atoms with Gasteiger partial charge in [0, 0.05) is 8.95 Å². The number of benzene rings is 1. The highest BCUT2D eigenvalue weighted by Gasteiger charge is 2.41. The van der Waals surface area contributed by atoms with Crippen LogP contribution in [0.5, 0.6) is 0 Å². The number of carbonyl (C=O) groups excluding carboxylic acids is 1. The molecule has 2 N–H and O–H groups in total. The second kappa shape index (κ2) is 7.91. The maximum atomic E-state index is 12.6. The SMILES string of the molecule is CCOC(=O)N[C@@H]1CS(=O)(=O)C[C@H]1NS(=O)(=O)c1cc(Br)ccc1Br. The number of alkyl carbamates (subject to hydrolysis) is 1. The van der Waals surface area contributed by atoms with Gasteiger partial charge in [0.1, 0.15) is 0 Å². The first-order chi connectivity index (χ1) is 11.5. The maximum Gasteiger partial charge on any atom is 0.407 e. The second-order valence-electron chi connectivity index (χ2n) is 5.35. The molecule has 25 heavy (non-hydrogen) atoms. The summed E-state index contributed by atoms with van der Waals surface area (Å²) < 4.78 is 57.0. The minimum atomic E-state index is -4.01. The summed E-state index contributed by atoms with van der Waals surface area (Å²) >= 11 is 6.36. The van der Waals surface area contributed by atoms with Gasteiger partial charge in [-0.2, -0.15) is 0 Å². The van der Waals surface area contributed by atoms with Crippen molar-refractivity contribution >= 4 is 57.8 Å². The van der Waals surface area contributed by atoms with Gasteiger partial charge in [0.2, 0.25) is 10.0 Å². The molecule has 1 aromatic rings. The molecule has 0 aromatic heterocycles. The van der Waals surface area contributed by atoms with E-state index in [4.69, 9.17) is 4.74 Å². The summed E-state index contributed by atoms with van der Waals surface area (Å²) in [7, 11) is -7.51. The lowest BCUT2D eigenvalue weighted by Crippen LogP contribution is -2.51. The topological polar surface area (TPSA) is 119 Å². The van der Waals surface area contributed by atoms with Crippen LogP contribution in [0, 0.1) is 0 Å². The molecule has 0 unspecified atom stereocenters. The monoisotopic (exact) mass is 518 g/mol. The zero-order valence-corrected chi connectivity index (χ0v) is 17.8. The second-order valence-corrected chi connectivity index (χ2v) is 11.0. The third-order valence-corrected chi connectivity index (χ3v) is 8.13. The molecule has 12 heteroatoms. The first-order valence-electron chi connectivity index (χ1n) is 7.15. The van der Waals surface area contributed by atoms with Crippen molar-refractivity contribution in [3.8, 4) is 0 Å². The maximum absolute atomic E-state index is 12.6. The van der Waals surface area contributed by atoms with E-state index in [-0.39, 0.29) is 17.3 Å². The summed E-state index contributed by atoms with van der Waals surface area (Å²) in [5, 5.41) is 2.40. The first kappa shape index (κ1) is 20.6. The highest BCUT2D eigenvalue weighted by atomic mass is 79.9. The highest BCUT2D eigenvalue weighted by Crippen LogP contribution is 2.26. The number of sulfonamides is 1. The fraction of sp³-hybridized carbons (Fsp3) is 0.462. The van der Waals surface area contributed by atoms with E-state index >= 15 is 0 Å². The molecule has 1 fully saturated rings. The molecule has 140 valence electrons. The van der Waals surface area contributed by atoms with E-state index in [9.17, 15) is 21.6 Å². The molecule has 1 amide bonds. The third kappa shape index (κ3) is 5.39. The van der Waals surface area contributed by atoms with Crippen LogP contribution in [0.4, 0.5) is 4.79 Å². The number of ether oxygens (including phenoxy) is 1. The smallest absolute Gasteiger partial charge is 0.407 e. The lowest BCUT2D eigenvalue weighted by molar-refractivity contribution is 0.148. The molecule has 1 aliphatic heterocycles. The number of amides is 1. The third-order valence-electron chi connectivity index (χ3n) is 3.42. The average molecular weight is 520 g/mol. The van der Waals surface area contributed by atoms with Gasteiger partial charge in [-0.3, -0.25) is 0 Å². The molecule has 1 heterocycles. The molecule has 1 saturated heterocycles. The van der Waals surface area contributed by atoms with Crippen molar-refractivity contribution in [2.75, 3.05) is 18.1 Å². The Hall–Kier alpha value is -0.690. The first-order valence-corrected chi connectivity index (χ1v) is 12.0. The molecule has 8 nitrogen and oxygen atoms in total.